The summed E-state index contributed by atoms with van der Waals surface area (Å²) in [6, 6.07) is 16.3. The van der Waals surface area contributed by atoms with Crippen LogP contribution in [0.2, 0.25) is 5.02 Å². The van der Waals surface area contributed by atoms with Crippen molar-refractivity contribution in [1.82, 2.24) is 4.31 Å². The molecule has 3 aromatic rings. The van der Waals surface area contributed by atoms with Crippen molar-refractivity contribution in [2.24, 2.45) is 0 Å². The van der Waals surface area contributed by atoms with Crippen LogP contribution in [0, 0.1) is 0 Å². The molecular formula is C22H17BrClF3N2O3S. The first-order chi connectivity index (χ1) is 15.4. The largest absolute Gasteiger partial charge is 0.416 e. The molecule has 3 rings (SSSR count). The van der Waals surface area contributed by atoms with E-state index in [1.54, 1.807) is 36.4 Å². The summed E-state index contributed by atoms with van der Waals surface area (Å²) < 4.78 is 66.3. The Balaban J connectivity index is 1.83. The van der Waals surface area contributed by atoms with Gasteiger partial charge < -0.3 is 5.32 Å². The van der Waals surface area contributed by atoms with E-state index in [-0.39, 0.29) is 17.1 Å². The third-order valence-corrected chi connectivity index (χ3v) is 7.13. The molecule has 0 aliphatic rings. The van der Waals surface area contributed by atoms with Crippen LogP contribution in [0.4, 0.5) is 18.9 Å². The molecule has 0 atom stereocenters. The molecule has 0 aliphatic carbocycles. The van der Waals surface area contributed by atoms with Crippen LogP contribution in [0.1, 0.15) is 11.1 Å². The lowest BCUT2D eigenvalue weighted by atomic mass is 10.2. The van der Waals surface area contributed by atoms with Gasteiger partial charge in [0.15, 0.2) is 0 Å². The van der Waals surface area contributed by atoms with Crippen molar-refractivity contribution < 1.29 is 26.4 Å². The average Bonchev–Trinajstić information content (AvgIpc) is 2.75. The number of anilines is 1. The molecule has 0 radical (unpaired) electrons. The fourth-order valence-corrected chi connectivity index (χ4v) is 4.65. The number of sulfonamides is 1. The molecule has 1 amide bonds. The second-order valence-corrected chi connectivity index (χ2v) is 10.3. The first-order valence-corrected chi connectivity index (χ1v) is 12.0. The lowest BCUT2D eigenvalue weighted by Crippen LogP contribution is -2.37. The molecule has 33 heavy (non-hydrogen) atoms. The van der Waals surface area contributed by atoms with Gasteiger partial charge in [-0.1, -0.05) is 39.7 Å². The molecule has 0 aliphatic heterocycles. The van der Waals surface area contributed by atoms with Crippen molar-refractivity contribution in [1.29, 1.82) is 0 Å². The summed E-state index contributed by atoms with van der Waals surface area (Å²) in [6.07, 6.45) is -4.50. The van der Waals surface area contributed by atoms with E-state index in [1.807, 2.05) is 0 Å². The van der Waals surface area contributed by atoms with Gasteiger partial charge in [-0.05, 0) is 66.2 Å². The Bertz CT molecular complexity index is 1220. The van der Waals surface area contributed by atoms with E-state index in [0.29, 0.717) is 15.1 Å². The van der Waals surface area contributed by atoms with Crippen LogP contribution in [0.3, 0.4) is 0 Å². The highest BCUT2D eigenvalue weighted by Gasteiger charge is 2.30. The first-order valence-electron chi connectivity index (χ1n) is 9.42. The molecule has 0 unspecified atom stereocenters. The van der Waals surface area contributed by atoms with Crippen molar-refractivity contribution >= 4 is 49.1 Å². The Kier molecular flexibility index (Phi) is 7.84. The highest BCUT2D eigenvalue weighted by Crippen LogP contribution is 2.30. The van der Waals surface area contributed by atoms with Crippen LogP contribution in [-0.2, 0) is 27.5 Å². The number of alkyl halides is 3. The molecule has 0 heterocycles. The van der Waals surface area contributed by atoms with Crippen molar-refractivity contribution in [3.8, 4) is 0 Å². The molecule has 0 spiro atoms. The minimum absolute atomic E-state index is 0.0120. The van der Waals surface area contributed by atoms with Crippen LogP contribution >= 0.6 is 27.5 Å². The van der Waals surface area contributed by atoms with Gasteiger partial charge in [0.05, 0.1) is 17.0 Å². The van der Waals surface area contributed by atoms with Gasteiger partial charge in [0.25, 0.3) is 0 Å². The Hall–Kier alpha value is -2.40. The maximum absolute atomic E-state index is 13.2. The number of halogens is 5. The van der Waals surface area contributed by atoms with Gasteiger partial charge in [-0.2, -0.15) is 17.5 Å². The van der Waals surface area contributed by atoms with Crippen LogP contribution in [0.25, 0.3) is 0 Å². The van der Waals surface area contributed by atoms with E-state index in [2.05, 4.69) is 21.2 Å². The molecule has 0 bridgehead atoms. The Labute approximate surface area is 202 Å². The lowest BCUT2D eigenvalue weighted by molar-refractivity contribution is -0.137. The predicted molar refractivity (Wildman–Crippen MR) is 123 cm³/mol. The van der Waals surface area contributed by atoms with E-state index in [4.69, 9.17) is 11.6 Å². The monoisotopic (exact) mass is 560 g/mol. The highest BCUT2D eigenvalue weighted by molar-refractivity contribution is 9.10. The zero-order valence-electron chi connectivity index (χ0n) is 16.8. The van der Waals surface area contributed by atoms with Crippen LogP contribution < -0.4 is 5.32 Å². The quantitative estimate of drug-likeness (QED) is 0.388. The topological polar surface area (TPSA) is 66.5 Å². The summed E-state index contributed by atoms with van der Waals surface area (Å²) >= 11 is 9.14. The molecule has 0 aromatic heterocycles. The second kappa shape index (κ2) is 10.3. The van der Waals surface area contributed by atoms with Crippen LogP contribution in [-0.4, -0.2) is 25.2 Å². The van der Waals surface area contributed by atoms with Crippen LogP contribution in [0.15, 0.2) is 82.2 Å². The summed E-state index contributed by atoms with van der Waals surface area (Å²) in [5.74, 6) is -0.704. The number of hydrogen-bond acceptors (Lipinski definition) is 3. The highest BCUT2D eigenvalue weighted by atomic mass is 79.9. The normalized spacial score (nSPS) is 12.1. The molecule has 3 aromatic carbocycles. The van der Waals surface area contributed by atoms with Crippen LogP contribution in [0.5, 0.6) is 0 Å². The third-order valence-electron chi connectivity index (χ3n) is 4.54. The molecule has 0 saturated carbocycles. The van der Waals surface area contributed by atoms with E-state index < -0.39 is 34.2 Å². The molecule has 1 N–H and O–H groups in total. The fraction of sp³-hybridized carbons (Fsp3) is 0.136. The zero-order valence-corrected chi connectivity index (χ0v) is 20.0. The van der Waals surface area contributed by atoms with E-state index >= 15 is 0 Å². The smallest absolute Gasteiger partial charge is 0.325 e. The van der Waals surface area contributed by atoms with E-state index in [0.717, 1.165) is 28.6 Å². The minimum Gasteiger partial charge on any atom is -0.325 e. The summed E-state index contributed by atoms with van der Waals surface area (Å²) in [5, 5.41) is 2.91. The van der Waals surface area contributed by atoms with E-state index in [9.17, 15) is 26.4 Å². The van der Waals surface area contributed by atoms with Gasteiger partial charge in [0, 0.05) is 21.7 Å². The number of benzene rings is 3. The SMILES string of the molecule is O=C(CN(Cc1ccc(Cl)cc1)S(=O)(=O)c1ccc(Br)cc1)Nc1ccc(C(F)(F)F)cc1. The maximum Gasteiger partial charge on any atom is 0.416 e. The summed E-state index contributed by atoms with van der Waals surface area (Å²) in [7, 11) is -4.07. The van der Waals surface area contributed by atoms with Crippen molar-refractivity contribution in [3.05, 3.63) is 93.4 Å². The fourth-order valence-electron chi connectivity index (χ4n) is 2.88. The number of amides is 1. The van der Waals surface area contributed by atoms with Crippen molar-refractivity contribution in [2.45, 2.75) is 17.6 Å². The van der Waals surface area contributed by atoms with Gasteiger partial charge in [0.1, 0.15) is 0 Å². The minimum atomic E-state index is -4.50. The number of nitrogens with zero attached hydrogens (tertiary/aromatic N) is 1. The molecule has 0 fully saturated rings. The van der Waals surface area contributed by atoms with Crippen molar-refractivity contribution in [3.63, 3.8) is 0 Å². The lowest BCUT2D eigenvalue weighted by Gasteiger charge is -2.22. The third kappa shape index (κ3) is 6.80. The van der Waals surface area contributed by atoms with E-state index in [1.165, 1.54) is 12.1 Å². The number of nitrogens with one attached hydrogen (secondary N) is 1. The number of rotatable bonds is 7. The molecule has 0 saturated heterocycles. The van der Waals surface area contributed by atoms with Gasteiger partial charge in [0.2, 0.25) is 15.9 Å². The molecule has 174 valence electrons. The second-order valence-electron chi connectivity index (χ2n) is 6.98. The van der Waals surface area contributed by atoms with Gasteiger partial charge in [-0.25, -0.2) is 8.42 Å². The molecule has 5 nitrogen and oxygen atoms in total. The Morgan fingerprint density at radius 3 is 2.06 bits per heavy atom. The molecular weight excluding hydrogens is 545 g/mol. The summed E-state index contributed by atoms with van der Waals surface area (Å²) in [4.78, 5) is 12.6. The number of carbonyl (C=O) groups excluding carboxylic acids is 1. The first kappa shape index (κ1) is 25.2. The molecule has 11 heteroatoms. The zero-order chi connectivity index (χ0) is 24.2. The Morgan fingerprint density at radius 2 is 1.52 bits per heavy atom. The van der Waals surface area contributed by atoms with Gasteiger partial charge >= 0.3 is 6.18 Å². The predicted octanol–water partition coefficient (Wildman–Crippen LogP) is 5.95. The average molecular weight is 562 g/mol. The standard InChI is InChI=1S/C22H17BrClF3N2O3S/c23-17-5-11-20(12-6-17)33(31,32)29(13-15-1-7-18(24)8-2-15)14-21(30)28-19-9-3-16(4-10-19)22(25,26)27/h1-12H,13-14H2,(H,28,30). The Morgan fingerprint density at radius 1 is 0.939 bits per heavy atom. The number of carbonyl (C=O) groups is 1. The summed E-state index contributed by atoms with van der Waals surface area (Å²) in [5.41, 5.74) is -0.148. The van der Waals surface area contributed by atoms with Crippen molar-refractivity contribution in [2.75, 3.05) is 11.9 Å². The maximum atomic E-state index is 13.2. The summed E-state index contributed by atoms with van der Waals surface area (Å²) in [6.45, 7) is -0.669. The van der Waals surface area contributed by atoms with Gasteiger partial charge in [-0.15, -0.1) is 0 Å². The number of hydrogen-bond donors (Lipinski definition) is 1. The van der Waals surface area contributed by atoms with Gasteiger partial charge in [-0.3, -0.25) is 4.79 Å².